The molecule has 1 N–H and O–H groups in total. The zero-order valence-corrected chi connectivity index (χ0v) is 18.5. The lowest BCUT2D eigenvalue weighted by molar-refractivity contribution is 0.00174. The number of hydrogen-bond acceptors (Lipinski definition) is 8. The maximum atomic E-state index is 12.4. The van der Waals surface area contributed by atoms with Crippen molar-refractivity contribution in [3.8, 4) is 11.4 Å². The predicted molar refractivity (Wildman–Crippen MR) is 116 cm³/mol. The summed E-state index contributed by atoms with van der Waals surface area (Å²) < 4.78 is 19.5. The van der Waals surface area contributed by atoms with Gasteiger partial charge in [0.1, 0.15) is 18.2 Å². The van der Waals surface area contributed by atoms with E-state index in [1.807, 2.05) is 43.3 Å². The molecule has 3 aliphatic rings. The van der Waals surface area contributed by atoms with Crippen molar-refractivity contribution in [2.24, 2.45) is 0 Å². The number of aromatic nitrogens is 4. The van der Waals surface area contributed by atoms with Crippen LogP contribution in [0.3, 0.4) is 0 Å². The summed E-state index contributed by atoms with van der Waals surface area (Å²) in [6.45, 7) is 0.701. The second kappa shape index (κ2) is 9.03. The number of nitrogens with one attached hydrogen (secondary N) is 1. The van der Waals surface area contributed by atoms with E-state index in [1.54, 1.807) is 4.68 Å². The maximum absolute atomic E-state index is 12.4. The quantitative estimate of drug-likeness (QED) is 0.752. The monoisotopic (exact) mass is 442 g/mol. The number of benzene rings is 1. The largest absolute Gasteiger partial charge is 0.441 e. The van der Waals surface area contributed by atoms with Gasteiger partial charge in [-0.3, -0.25) is 0 Å². The van der Waals surface area contributed by atoms with Crippen LogP contribution >= 0.6 is 0 Å². The number of nitrogens with zero attached hydrogens (tertiary/aromatic N) is 5. The molecule has 1 aromatic carbocycles. The van der Waals surface area contributed by atoms with Gasteiger partial charge in [0.05, 0.1) is 13.2 Å². The van der Waals surface area contributed by atoms with Crippen molar-refractivity contribution < 1.29 is 19.0 Å². The number of carbonyl (C=O) groups excluding carboxylic acids is 1. The molecule has 2 aromatic rings. The van der Waals surface area contributed by atoms with Gasteiger partial charge in [-0.25, -0.2) is 9.48 Å². The van der Waals surface area contributed by atoms with E-state index < -0.39 is 6.10 Å². The highest BCUT2D eigenvalue weighted by molar-refractivity contribution is 5.68. The van der Waals surface area contributed by atoms with E-state index in [1.165, 1.54) is 6.42 Å². The average molecular weight is 443 g/mol. The fraction of sp³-hybridized carbons (Fsp3) is 0.636. The normalized spacial score (nSPS) is 27.8. The van der Waals surface area contributed by atoms with Crippen molar-refractivity contribution in [1.82, 2.24) is 25.5 Å². The van der Waals surface area contributed by atoms with E-state index in [2.05, 4.69) is 20.8 Å². The fourth-order valence-electron chi connectivity index (χ4n) is 4.86. The van der Waals surface area contributed by atoms with Gasteiger partial charge in [-0.05, 0) is 47.5 Å². The van der Waals surface area contributed by atoms with Gasteiger partial charge in [-0.2, -0.15) is 0 Å². The average Bonchev–Trinajstić information content (AvgIpc) is 3.52. The zero-order chi connectivity index (χ0) is 22.1. The van der Waals surface area contributed by atoms with Gasteiger partial charge in [0.15, 0.2) is 11.9 Å². The van der Waals surface area contributed by atoms with E-state index in [0.29, 0.717) is 19.0 Å². The standard InChI is InChI=1S/C22H30N6O4/c1-27(2)16-10-8-14(9-11-16)21-24-25-26-28(21)17-12-30-20-18(13-31-19(17)20)32-22(29)23-15-6-4-3-5-7-15/h8-11,15,17-20H,3-7,12-13H2,1-2H3,(H,23,29)/t17-,18+,19+,20+/m0/s1. The van der Waals surface area contributed by atoms with E-state index in [0.717, 1.165) is 36.9 Å². The molecule has 1 amide bonds. The minimum atomic E-state index is -0.437. The van der Waals surface area contributed by atoms with Crippen LogP contribution in [0.4, 0.5) is 10.5 Å². The molecule has 1 aliphatic carbocycles. The highest BCUT2D eigenvalue weighted by Gasteiger charge is 2.51. The van der Waals surface area contributed by atoms with Crippen molar-refractivity contribution >= 4 is 11.8 Å². The zero-order valence-electron chi connectivity index (χ0n) is 18.5. The Morgan fingerprint density at radius 3 is 2.59 bits per heavy atom. The number of tetrazole rings is 1. The molecule has 0 bridgehead atoms. The molecule has 2 aliphatic heterocycles. The topological polar surface area (TPSA) is 104 Å². The number of rotatable bonds is 5. The lowest BCUT2D eigenvalue weighted by Crippen LogP contribution is -2.41. The summed E-state index contributed by atoms with van der Waals surface area (Å²) in [5.41, 5.74) is 2.02. The van der Waals surface area contributed by atoms with Gasteiger partial charge in [-0.15, -0.1) is 5.10 Å². The summed E-state index contributed by atoms with van der Waals surface area (Å²) in [5, 5.41) is 15.3. The number of hydrogen-bond donors (Lipinski definition) is 1. The Hall–Kier alpha value is -2.72. The first-order valence-electron chi connectivity index (χ1n) is 11.4. The van der Waals surface area contributed by atoms with Gasteiger partial charge in [0, 0.05) is 31.4 Å². The molecule has 10 nitrogen and oxygen atoms in total. The van der Waals surface area contributed by atoms with Crippen LogP contribution in [-0.2, 0) is 14.2 Å². The fourth-order valence-corrected chi connectivity index (χ4v) is 4.86. The predicted octanol–water partition coefficient (Wildman–Crippen LogP) is 2.17. The first kappa shape index (κ1) is 21.1. The Bertz CT molecular complexity index is 927. The molecule has 1 saturated carbocycles. The summed E-state index contributed by atoms with van der Waals surface area (Å²) in [4.78, 5) is 14.4. The van der Waals surface area contributed by atoms with Crippen molar-refractivity contribution in [1.29, 1.82) is 0 Å². The van der Waals surface area contributed by atoms with Crippen LogP contribution in [0.1, 0.15) is 38.1 Å². The van der Waals surface area contributed by atoms with Crippen LogP contribution in [0.5, 0.6) is 0 Å². The van der Waals surface area contributed by atoms with Crippen LogP contribution in [-0.4, -0.2) is 78.0 Å². The van der Waals surface area contributed by atoms with Crippen molar-refractivity contribution in [2.75, 3.05) is 32.2 Å². The van der Waals surface area contributed by atoms with Crippen LogP contribution < -0.4 is 10.2 Å². The van der Waals surface area contributed by atoms with E-state index in [4.69, 9.17) is 14.2 Å². The van der Waals surface area contributed by atoms with Gasteiger partial charge in [0.2, 0.25) is 0 Å². The molecule has 32 heavy (non-hydrogen) atoms. The molecule has 3 fully saturated rings. The summed E-state index contributed by atoms with van der Waals surface area (Å²) in [6, 6.07) is 8.08. The highest BCUT2D eigenvalue weighted by atomic mass is 16.6. The van der Waals surface area contributed by atoms with Crippen molar-refractivity contribution in [3.63, 3.8) is 0 Å². The summed E-state index contributed by atoms with van der Waals surface area (Å²) >= 11 is 0. The molecule has 0 unspecified atom stereocenters. The maximum Gasteiger partial charge on any atom is 0.407 e. The molecule has 4 atom stereocenters. The third kappa shape index (κ3) is 4.16. The van der Waals surface area contributed by atoms with E-state index in [-0.39, 0.29) is 30.4 Å². The Kier molecular flexibility index (Phi) is 5.97. The van der Waals surface area contributed by atoms with Gasteiger partial charge >= 0.3 is 6.09 Å². The number of fused-ring (bicyclic) bond motifs is 1. The summed E-state index contributed by atoms with van der Waals surface area (Å²) in [6.07, 6.45) is 4.14. The molecule has 1 aromatic heterocycles. The highest BCUT2D eigenvalue weighted by Crippen LogP contribution is 2.37. The minimum Gasteiger partial charge on any atom is -0.441 e. The first-order valence-corrected chi connectivity index (χ1v) is 11.4. The van der Waals surface area contributed by atoms with Gasteiger partial charge < -0.3 is 24.4 Å². The number of anilines is 1. The third-order valence-corrected chi connectivity index (χ3v) is 6.62. The summed E-state index contributed by atoms with van der Waals surface area (Å²) in [5.74, 6) is 0.660. The number of alkyl carbamates (subject to hydrolysis) is 1. The summed E-state index contributed by atoms with van der Waals surface area (Å²) in [7, 11) is 4.00. The number of amides is 1. The number of carbonyl (C=O) groups is 1. The molecule has 5 rings (SSSR count). The van der Waals surface area contributed by atoms with Crippen LogP contribution in [0.25, 0.3) is 11.4 Å². The van der Waals surface area contributed by atoms with Gasteiger partial charge in [-0.1, -0.05) is 19.3 Å². The van der Waals surface area contributed by atoms with Crippen molar-refractivity contribution in [3.05, 3.63) is 24.3 Å². The lowest BCUT2D eigenvalue weighted by Gasteiger charge is -2.24. The second-order valence-corrected chi connectivity index (χ2v) is 8.97. The minimum absolute atomic E-state index is 0.187. The molecule has 3 heterocycles. The molecule has 172 valence electrons. The van der Waals surface area contributed by atoms with Crippen LogP contribution in [0.2, 0.25) is 0 Å². The van der Waals surface area contributed by atoms with Gasteiger partial charge in [0.25, 0.3) is 0 Å². The second-order valence-electron chi connectivity index (χ2n) is 8.97. The molecule has 0 radical (unpaired) electrons. The Morgan fingerprint density at radius 2 is 1.84 bits per heavy atom. The molecule has 0 spiro atoms. The molecular weight excluding hydrogens is 412 g/mol. The molecule has 10 heteroatoms. The molecular formula is C22H30N6O4. The Labute approximate surface area is 187 Å². The van der Waals surface area contributed by atoms with Crippen LogP contribution in [0, 0.1) is 0 Å². The SMILES string of the molecule is CN(C)c1ccc(-c2nnnn2[C@H]2CO[C@H]3[C@@H]2OC[C@H]3OC(=O)NC2CCCCC2)cc1. The number of ether oxygens (including phenoxy) is 3. The van der Waals surface area contributed by atoms with E-state index >= 15 is 0 Å². The Balaban J connectivity index is 1.24. The van der Waals surface area contributed by atoms with E-state index in [9.17, 15) is 4.79 Å². The Morgan fingerprint density at radius 1 is 1.09 bits per heavy atom. The van der Waals surface area contributed by atoms with Crippen LogP contribution in [0.15, 0.2) is 24.3 Å². The first-order chi connectivity index (χ1) is 15.6. The third-order valence-electron chi connectivity index (χ3n) is 6.62. The van der Waals surface area contributed by atoms with Crippen molar-refractivity contribution in [2.45, 2.75) is 62.5 Å². The lowest BCUT2D eigenvalue weighted by atomic mass is 9.96. The molecule has 2 saturated heterocycles. The smallest absolute Gasteiger partial charge is 0.407 e.